The van der Waals surface area contributed by atoms with Crippen LogP contribution in [0.4, 0.5) is 0 Å². The van der Waals surface area contributed by atoms with Gasteiger partial charge < -0.3 is 4.74 Å². The van der Waals surface area contributed by atoms with Gasteiger partial charge >= 0.3 is 0 Å². The number of rotatable bonds is 16. The summed E-state index contributed by atoms with van der Waals surface area (Å²) in [5.41, 5.74) is 1.39. The highest BCUT2D eigenvalue weighted by molar-refractivity contribution is 5.30. The molecule has 0 radical (unpaired) electrons. The zero-order valence-electron chi connectivity index (χ0n) is 21.0. The van der Waals surface area contributed by atoms with Gasteiger partial charge in [0.25, 0.3) is 0 Å². The van der Waals surface area contributed by atoms with E-state index in [0.29, 0.717) is 5.92 Å². The number of aromatic nitrogens is 2. The van der Waals surface area contributed by atoms with E-state index in [1.54, 1.807) is 0 Å². The van der Waals surface area contributed by atoms with Gasteiger partial charge in [0.2, 0.25) is 0 Å². The SMILES string of the molecule is CCCCCCCCC(Cc1ncccn1)c1ccc(OCCCCC2CCCCC2)cc1. The fourth-order valence-electron chi connectivity index (χ4n) is 5.25. The summed E-state index contributed by atoms with van der Waals surface area (Å²) in [6, 6.07) is 10.8. The standard InChI is InChI=1S/C30H46N2O/c1-2-3-4-5-6-10-17-28(25-30-31-22-13-23-32-30)27-18-20-29(21-19-27)33-24-12-11-16-26-14-8-7-9-15-26/h13,18-23,26,28H,2-12,14-17,24-25H2,1H3. The molecule has 1 aliphatic rings. The Balaban J connectivity index is 1.43. The van der Waals surface area contributed by atoms with Crippen molar-refractivity contribution in [2.45, 2.75) is 116 Å². The van der Waals surface area contributed by atoms with Crippen LogP contribution in [0.1, 0.15) is 121 Å². The minimum Gasteiger partial charge on any atom is -0.494 e. The number of nitrogens with zero attached hydrogens (tertiary/aromatic N) is 2. The van der Waals surface area contributed by atoms with Gasteiger partial charge in [-0.3, -0.25) is 0 Å². The average Bonchev–Trinajstić information content (AvgIpc) is 2.87. The highest BCUT2D eigenvalue weighted by Crippen LogP contribution is 2.29. The van der Waals surface area contributed by atoms with Crippen LogP contribution in [0.3, 0.4) is 0 Å². The van der Waals surface area contributed by atoms with E-state index in [9.17, 15) is 0 Å². The fourth-order valence-corrected chi connectivity index (χ4v) is 5.25. The summed E-state index contributed by atoms with van der Waals surface area (Å²) in [7, 11) is 0. The van der Waals surface area contributed by atoms with Crippen molar-refractivity contribution in [1.29, 1.82) is 0 Å². The first-order valence-corrected chi connectivity index (χ1v) is 13.8. The number of hydrogen-bond donors (Lipinski definition) is 0. The van der Waals surface area contributed by atoms with Crippen LogP contribution in [0.15, 0.2) is 42.7 Å². The summed E-state index contributed by atoms with van der Waals surface area (Å²) in [6.45, 7) is 3.12. The third-order valence-corrected chi connectivity index (χ3v) is 7.31. The molecule has 3 rings (SSSR count). The third kappa shape index (κ3) is 10.3. The molecule has 1 unspecified atom stereocenters. The normalized spacial score (nSPS) is 15.4. The summed E-state index contributed by atoms with van der Waals surface area (Å²) in [5.74, 6) is 3.41. The second-order valence-electron chi connectivity index (χ2n) is 10.0. The van der Waals surface area contributed by atoms with Crippen LogP contribution in [0, 0.1) is 5.92 Å². The van der Waals surface area contributed by atoms with E-state index in [0.717, 1.165) is 30.5 Å². The van der Waals surface area contributed by atoms with Gasteiger partial charge in [0.05, 0.1) is 6.61 Å². The first-order chi connectivity index (χ1) is 16.3. The van der Waals surface area contributed by atoms with Gasteiger partial charge in [0, 0.05) is 18.8 Å². The van der Waals surface area contributed by atoms with Crippen LogP contribution in [0.25, 0.3) is 0 Å². The van der Waals surface area contributed by atoms with Crippen molar-refractivity contribution in [3.05, 3.63) is 54.1 Å². The molecule has 0 saturated heterocycles. The molecule has 0 spiro atoms. The number of hydrogen-bond acceptors (Lipinski definition) is 3. The maximum atomic E-state index is 6.06. The van der Waals surface area contributed by atoms with Crippen molar-refractivity contribution in [1.82, 2.24) is 9.97 Å². The summed E-state index contributed by atoms with van der Waals surface area (Å²) >= 11 is 0. The first kappa shape index (κ1) is 25.7. The van der Waals surface area contributed by atoms with Crippen LogP contribution in [-0.4, -0.2) is 16.6 Å². The van der Waals surface area contributed by atoms with E-state index in [-0.39, 0.29) is 0 Å². The molecule has 1 saturated carbocycles. The number of unbranched alkanes of at least 4 members (excludes halogenated alkanes) is 6. The molecule has 0 aliphatic heterocycles. The van der Waals surface area contributed by atoms with Gasteiger partial charge in [-0.05, 0) is 54.9 Å². The molecule has 33 heavy (non-hydrogen) atoms. The lowest BCUT2D eigenvalue weighted by atomic mass is 9.86. The largest absolute Gasteiger partial charge is 0.494 e. The third-order valence-electron chi connectivity index (χ3n) is 7.31. The lowest BCUT2D eigenvalue weighted by molar-refractivity contribution is 0.283. The second kappa shape index (κ2) is 15.9. The van der Waals surface area contributed by atoms with E-state index in [4.69, 9.17) is 4.74 Å². The zero-order valence-corrected chi connectivity index (χ0v) is 21.0. The smallest absolute Gasteiger partial charge is 0.128 e. The topological polar surface area (TPSA) is 35.0 Å². The van der Waals surface area contributed by atoms with E-state index < -0.39 is 0 Å². The Labute approximate surface area is 202 Å². The molecular formula is C30H46N2O. The van der Waals surface area contributed by atoms with Crippen LogP contribution in [-0.2, 0) is 6.42 Å². The van der Waals surface area contributed by atoms with Crippen LogP contribution in [0.5, 0.6) is 5.75 Å². The lowest BCUT2D eigenvalue weighted by Crippen LogP contribution is -2.07. The van der Waals surface area contributed by atoms with Crippen molar-refractivity contribution >= 4 is 0 Å². The van der Waals surface area contributed by atoms with E-state index in [1.807, 2.05) is 18.5 Å². The number of ether oxygens (including phenoxy) is 1. The monoisotopic (exact) mass is 450 g/mol. The van der Waals surface area contributed by atoms with Crippen LogP contribution < -0.4 is 4.74 Å². The predicted molar refractivity (Wildman–Crippen MR) is 139 cm³/mol. The average molecular weight is 451 g/mol. The summed E-state index contributed by atoms with van der Waals surface area (Å²) in [6.07, 6.45) is 25.0. The van der Waals surface area contributed by atoms with Gasteiger partial charge in [-0.2, -0.15) is 0 Å². The van der Waals surface area contributed by atoms with Crippen molar-refractivity contribution in [3.63, 3.8) is 0 Å². The Morgan fingerprint density at radius 3 is 2.33 bits per heavy atom. The minimum absolute atomic E-state index is 0.475. The molecule has 1 aliphatic carbocycles. The van der Waals surface area contributed by atoms with Gasteiger partial charge in [0.1, 0.15) is 11.6 Å². The predicted octanol–water partition coefficient (Wildman–Crippen LogP) is 8.68. The van der Waals surface area contributed by atoms with Gasteiger partial charge in [0.15, 0.2) is 0 Å². The molecule has 3 heteroatoms. The Hall–Kier alpha value is -1.90. The van der Waals surface area contributed by atoms with Crippen molar-refractivity contribution in [2.24, 2.45) is 5.92 Å². The molecule has 1 aromatic heterocycles. The molecule has 1 heterocycles. The summed E-state index contributed by atoms with van der Waals surface area (Å²) < 4.78 is 6.06. The molecular weight excluding hydrogens is 404 g/mol. The van der Waals surface area contributed by atoms with Gasteiger partial charge in [-0.25, -0.2) is 9.97 Å². The first-order valence-electron chi connectivity index (χ1n) is 13.8. The molecule has 0 N–H and O–H groups in total. The Morgan fingerprint density at radius 2 is 1.58 bits per heavy atom. The number of benzene rings is 1. The summed E-state index contributed by atoms with van der Waals surface area (Å²) in [4.78, 5) is 8.97. The van der Waals surface area contributed by atoms with E-state index in [1.165, 1.54) is 102 Å². The minimum atomic E-state index is 0.475. The van der Waals surface area contributed by atoms with Crippen LogP contribution in [0.2, 0.25) is 0 Å². The molecule has 1 aromatic carbocycles. The molecule has 1 atom stereocenters. The summed E-state index contributed by atoms with van der Waals surface area (Å²) in [5, 5.41) is 0. The van der Waals surface area contributed by atoms with Crippen molar-refractivity contribution in [2.75, 3.05) is 6.61 Å². The van der Waals surface area contributed by atoms with Crippen LogP contribution >= 0.6 is 0 Å². The molecule has 3 nitrogen and oxygen atoms in total. The molecule has 182 valence electrons. The van der Waals surface area contributed by atoms with Crippen molar-refractivity contribution in [3.8, 4) is 5.75 Å². The van der Waals surface area contributed by atoms with Gasteiger partial charge in [-0.1, -0.05) is 96.1 Å². The highest BCUT2D eigenvalue weighted by Gasteiger charge is 2.15. The Kier molecular flexibility index (Phi) is 12.4. The fraction of sp³-hybridized carbons (Fsp3) is 0.667. The van der Waals surface area contributed by atoms with E-state index >= 15 is 0 Å². The second-order valence-corrected chi connectivity index (χ2v) is 10.0. The molecule has 0 bridgehead atoms. The maximum Gasteiger partial charge on any atom is 0.128 e. The Morgan fingerprint density at radius 1 is 0.848 bits per heavy atom. The molecule has 2 aromatic rings. The highest BCUT2D eigenvalue weighted by atomic mass is 16.5. The Bertz CT molecular complexity index is 725. The van der Waals surface area contributed by atoms with E-state index in [2.05, 4.69) is 41.2 Å². The van der Waals surface area contributed by atoms with Gasteiger partial charge in [-0.15, -0.1) is 0 Å². The quantitative estimate of drug-likeness (QED) is 0.240. The van der Waals surface area contributed by atoms with Crippen molar-refractivity contribution < 1.29 is 4.74 Å². The lowest BCUT2D eigenvalue weighted by Gasteiger charge is -2.21. The molecule has 0 amide bonds. The molecule has 1 fully saturated rings. The maximum absolute atomic E-state index is 6.06. The zero-order chi connectivity index (χ0) is 23.0.